The van der Waals surface area contributed by atoms with Crippen LogP contribution in [-0.2, 0) is 24.3 Å². The number of aromatic nitrogens is 2. The largest absolute Gasteiger partial charge is 0.497 e. The number of H-pyrrole nitrogens is 1. The minimum absolute atomic E-state index is 0.0588. The van der Waals surface area contributed by atoms with E-state index < -0.39 is 55.1 Å². The van der Waals surface area contributed by atoms with E-state index in [-0.39, 0.29) is 43.0 Å². The number of methoxy groups -OCH3 is 2. The van der Waals surface area contributed by atoms with Crippen LogP contribution in [0.1, 0.15) is 79.4 Å². The number of nitrogens with one attached hydrogen (secondary N) is 2. The van der Waals surface area contributed by atoms with Gasteiger partial charge in [-0.1, -0.05) is 100 Å². The van der Waals surface area contributed by atoms with Crippen molar-refractivity contribution < 1.29 is 38.1 Å². The number of aryl methyl sites for hydroxylation is 1. The van der Waals surface area contributed by atoms with Crippen LogP contribution in [0.3, 0.4) is 0 Å². The molecule has 14 heteroatoms. The molecule has 6 rings (SSSR count). The first-order valence-electron chi connectivity index (χ1n) is 20.9. The molecule has 1 saturated heterocycles. The van der Waals surface area contributed by atoms with E-state index in [1.165, 1.54) is 10.8 Å². The molecule has 1 amide bonds. The Kier molecular flexibility index (Phi) is 14.7. The van der Waals surface area contributed by atoms with E-state index in [0.717, 1.165) is 16.7 Å². The van der Waals surface area contributed by atoms with Crippen LogP contribution in [0.25, 0.3) is 0 Å². The normalized spacial score (nSPS) is 17.2. The van der Waals surface area contributed by atoms with Crippen LogP contribution in [0.2, 0.25) is 16.6 Å². The summed E-state index contributed by atoms with van der Waals surface area (Å²) in [5.74, 6) is 0.0296. The number of hydrogen-bond donors (Lipinski definition) is 3. The van der Waals surface area contributed by atoms with Gasteiger partial charge in [-0.15, -0.1) is 0 Å². The zero-order chi connectivity index (χ0) is 44.6. The molecular formula is C48H57N3O10Si. The highest BCUT2D eigenvalue weighted by molar-refractivity contribution is 6.80. The summed E-state index contributed by atoms with van der Waals surface area (Å²) < 4.78 is 33.9. The predicted octanol–water partition coefficient (Wildman–Crippen LogP) is 7.58. The highest BCUT2D eigenvalue weighted by Crippen LogP contribution is 2.48. The van der Waals surface area contributed by atoms with Gasteiger partial charge in [0.25, 0.3) is 11.5 Å². The third-order valence-electron chi connectivity index (χ3n) is 12.0. The first kappa shape index (κ1) is 45.7. The van der Waals surface area contributed by atoms with Crippen LogP contribution in [0.5, 0.6) is 11.5 Å². The second kappa shape index (κ2) is 19.9. The molecule has 1 aromatic heterocycles. The number of benzene rings is 4. The highest BCUT2D eigenvalue weighted by Gasteiger charge is 2.56. The number of aliphatic carboxylic acids is 1. The number of hydrogen-bond acceptors (Lipinski definition) is 9. The number of amides is 1. The molecule has 5 aromatic rings. The fourth-order valence-electron chi connectivity index (χ4n) is 8.88. The Morgan fingerprint density at radius 2 is 1.37 bits per heavy atom. The van der Waals surface area contributed by atoms with Gasteiger partial charge in [-0.25, -0.2) is 4.79 Å². The number of carboxylic acids is 1. The number of ether oxygens (including phenoxy) is 4. The lowest BCUT2D eigenvalue weighted by Gasteiger charge is -2.45. The average Bonchev–Trinajstić information content (AvgIpc) is 3.68. The summed E-state index contributed by atoms with van der Waals surface area (Å²) in [6, 6.07) is 33.9. The van der Waals surface area contributed by atoms with Crippen molar-refractivity contribution in [3.8, 4) is 11.5 Å². The Labute approximate surface area is 363 Å². The Morgan fingerprint density at radius 1 is 0.839 bits per heavy atom. The molecule has 328 valence electrons. The van der Waals surface area contributed by atoms with Crippen molar-refractivity contribution >= 4 is 20.2 Å². The van der Waals surface area contributed by atoms with Gasteiger partial charge in [0.1, 0.15) is 29.4 Å². The molecule has 62 heavy (non-hydrogen) atoms. The summed E-state index contributed by atoms with van der Waals surface area (Å²) in [6.45, 7) is 9.64. The quantitative estimate of drug-likeness (QED) is 0.0556. The maximum atomic E-state index is 13.5. The maximum Gasteiger partial charge on any atom is 0.330 e. The van der Waals surface area contributed by atoms with Gasteiger partial charge in [0.15, 0.2) is 0 Å². The zero-order valence-corrected chi connectivity index (χ0v) is 37.3. The monoisotopic (exact) mass is 863 g/mol. The van der Waals surface area contributed by atoms with E-state index in [2.05, 4.69) is 10.3 Å². The number of carboxylic acid groups (broad SMARTS) is 1. The van der Waals surface area contributed by atoms with E-state index in [4.69, 9.17) is 23.4 Å². The molecule has 2 heterocycles. The molecular weight excluding hydrogens is 807 g/mol. The van der Waals surface area contributed by atoms with Gasteiger partial charge in [-0.3, -0.25) is 23.9 Å². The van der Waals surface area contributed by atoms with Crippen LogP contribution in [0.4, 0.5) is 0 Å². The smallest absolute Gasteiger partial charge is 0.330 e. The Bertz CT molecular complexity index is 2330. The number of aromatic amines is 1. The van der Waals surface area contributed by atoms with Gasteiger partial charge in [0.2, 0.25) is 8.32 Å². The number of carbonyl (C=O) groups is 2. The lowest BCUT2D eigenvalue weighted by Crippen LogP contribution is -2.56. The first-order chi connectivity index (χ1) is 29.7. The van der Waals surface area contributed by atoms with E-state index >= 15 is 0 Å². The topological polar surface area (TPSA) is 167 Å². The van der Waals surface area contributed by atoms with E-state index in [0.29, 0.717) is 22.6 Å². The molecule has 1 aliphatic rings. The van der Waals surface area contributed by atoms with E-state index in [9.17, 15) is 24.3 Å². The first-order valence-corrected chi connectivity index (χ1v) is 23.1. The molecule has 3 N–H and O–H groups in total. The van der Waals surface area contributed by atoms with Crippen LogP contribution in [0.15, 0.2) is 125 Å². The third-order valence-corrected chi connectivity index (χ3v) is 18.0. The molecule has 13 nitrogen and oxygen atoms in total. The number of carbonyl (C=O) groups excluding carboxylic acids is 1. The fourth-order valence-corrected chi connectivity index (χ4v) is 14.3. The van der Waals surface area contributed by atoms with Gasteiger partial charge in [-0.05, 0) is 77.5 Å². The third kappa shape index (κ3) is 9.48. The van der Waals surface area contributed by atoms with Crippen molar-refractivity contribution in [2.75, 3.05) is 27.4 Å². The Balaban J connectivity index is 1.43. The van der Waals surface area contributed by atoms with Gasteiger partial charge in [-0.2, -0.15) is 0 Å². The molecule has 0 radical (unpaired) electrons. The summed E-state index contributed by atoms with van der Waals surface area (Å²) in [7, 11) is -0.198. The fraction of sp³-hybridized carbons (Fsp3) is 0.375. The van der Waals surface area contributed by atoms with Crippen molar-refractivity contribution in [2.24, 2.45) is 0 Å². The number of rotatable bonds is 19. The van der Waals surface area contributed by atoms with Gasteiger partial charge >= 0.3 is 11.7 Å². The molecule has 4 aromatic carbocycles. The van der Waals surface area contributed by atoms with Gasteiger partial charge in [0.05, 0.1) is 32.5 Å². The summed E-state index contributed by atoms with van der Waals surface area (Å²) >= 11 is 0. The van der Waals surface area contributed by atoms with Gasteiger partial charge < -0.3 is 33.8 Å². The van der Waals surface area contributed by atoms with Crippen molar-refractivity contribution in [3.63, 3.8) is 0 Å². The SMILES string of the molecule is COc1ccc(C(OC[C@H]2O[C@@H](n3cc(C)c(=O)[nH]c3=O)C[C@@H]2O[Si](C(C)C)(C(C)C)C(CCNC(=O)c2ccccc2)C(=O)O)(c2ccccc2)c2ccc(OC)cc2)cc1. The molecule has 0 bridgehead atoms. The Hall–Kier alpha value is -5.80. The molecule has 1 unspecified atom stereocenters. The second-order valence-corrected chi connectivity index (χ2v) is 21.2. The Morgan fingerprint density at radius 3 is 1.89 bits per heavy atom. The van der Waals surface area contributed by atoms with Crippen LogP contribution < -0.4 is 26.0 Å². The maximum absolute atomic E-state index is 13.5. The lowest BCUT2D eigenvalue weighted by atomic mass is 9.80. The van der Waals surface area contributed by atoms with Gasteiger partial charge in [0, 0.05) is 30.3 Å². The van der Waals surface area contributed by atoms with Crippen LogP contribution in [-0.4, -0.2) is 74.4 Å². The van der Waals surface area contributed by atoms with Crippen molar-refractivity contribution in [1.82, 2.24) is 14.9 Å². The summed E-state index contributed by atoms with van der Waals surface area (Å²) in [4.78, 5) is 54.7. The predicted molar refractivity (Wildman–Crippen MR) is 238 cm³/mol. The molecule has 0 spiro atoms. The summed E-state index contributed by atoms with van der Waals surface area (Å²) in [5, 5.41) is 13.9. The summed E-state index contributed by atoms with van der Waals surface area (Å²) in [5.41, 5.74) is -0.475. The second-order valence-electron chi connectivity index (χ2n) is 16.3. The molecule has 0 saturated carbocycles. The molecule has 1 fully saturated rings. The lowest BCUT2D eigenvalue weighted by molar-refractivity contribution is -0.137. The standard InChI is InChI=1S/C48H57N3O10Si/c1-31(2)62(32(3)4,42(46(54)55)26-27-49-45(53)34-14-10-8-11-15-34)61-40-28-43(51-29-33(5)44(52)50-47(51)56)60-41(40)30-59-48(35-16-12-9-13-17-35,36-18-22-38(57-6)23-19-36)37-20-24-39(58-7)25-21-37/h8-25,29,31-32,40-43H,26-28,30H2,1-7H3,(H,49,53)(H,54,55)(H,50,52,56)/t40-,41+,42?,43+/m0/s1. The highest BCUT2D eigenvalue weighted by atomic mass is 28.4. The molecule has 0 aliphatic carbocycles. The van der Waals surface area contributed by atoms with Crippen molar-refractivity contribution in [3.05, 3.63) is 164 Å². The number of nitrogens with zero attached hydrogens (tertiary/aromatic N) is 1. The van der Waals surface area contributed by atoms with E-state index in [1.807, 2.05) is 113 Å². The molecule has 1 aliphatic heterocycles. The van der Waals surface area contributed by atoms with Crippen molar-refractivity contribution in [2.45, 2.75) is 88.1 Å². The minimum Gasteiger partial charge on any atom is -0.497 e. The summed E-state index contributed by atoms with van der Waals surface area (Å²) in [6.07, 6.45) is -0.691. The van der Waals surface area contributed by atoms with Crippen LogP contribution >= 0.6 is 0 Å². The average molecular weight is 864 g/mol. The molecule has 4 atom stereocenters. The van der Waals surface area contributed by atoms with Crippen LogP contribution in [0, 0.1) is 6.92 Å². The zero-order valence-electron chi connectivity index (χ0n) is 36.3. The van der Waals surface area contributed by atoms with Crippen molar-refractivity contribution in [1.29, 1.82) is 0 Å². The minimum atomic E-state index is -3.41. The van der Waals surface area contributed by atoms with E-state index in [1.54, 1.807) is 45.4 Å².